The lowest BCUT2D eigenvalue weighted by Crippen LogP contribution is -2.48. The summed E-state index contributed by atoms with van der Waals surface area (Å²) in [7, 11) is 1.97. The van der Waals surface area contributed by atoms with Crippen LogP contribution in [-0.2, 0) is 0 Å². The van der Waals surface area contributed by atoms with Crippen molar-refractivity contribution in [1.29, 1.82) is 0 Å². The molecule has 1 N–H and O–H groups in total. The minimum atomic E-state index is 0.290. The number of fused-ring (bicyclic) bond motifs is 4. The highest BCUT2D eigenvalue weighted by molar-refractivity contribution is 5.93. The third-order valence-corrected chi connectivity index (χ3v) is 8.30. The second kappa shape index (κ2) is 10.9. The van der Waals surface area contributed by atoms with Crippen LogP contribution in [0.1, 0.15) is 60.5 Å². The Morgan fingerprint density at radius 2 is 1.77 bits per heavy atom. The Bertz CT molecular complexity index is 1610. The molecule has 0 saturated carbocycles. The van der Waals surface area contributed by atoms with Gasteiger partial charge in [0.25, 0.3) is 0 Å². The van der Waals surface area contributed by atoms with E-state index in [2.05, 4.69) is 128 Å². The quantitative estimate of drug-likeness (QED) is 0.175. The van der Waals surface area contributed by atoms with Gasteiger partial charge < -0.3 is 9.88 Å². The van der Waals surface area contributed by atoms with E-state index >= 15 is 0 Å². The van der Waals surface area contributed by atoms with E-state index in [0.29, 0.717) is 12.0 Å². The van der Waals surface area contributed by atoms with Gasteiger partial charge in [0.05, 0.1) is 5.52 Å². The first kappa shape index (κ1) is 26.5. The maximum Gasteiger partial charge on any atom is 0.213 e. The maximum absolute atomic E-state index is 4.51. The van der Waals surface area contributed by atoms with Crippen LogP contribution in [0.5, 0.6) is 0 Å². The molecule has 39 heavy (non-hydrogen) atoms. The normalized spacial score (nSPS) is 16.5. The number of pyridine rings is 1. The fraction of sp³-hybridized carbons (Fsp3) is 0.250. The molecule has 0 fully saturated rings. The number of hydrogen-bond donors (Lipinski definition) is 1. The van der Waals surface area contributed by atoms with Crippen LogP contribution in [0.4, 0.5) is 0 Å². The van der Waals surface area contributed by atoms with E-state index in [1.165, 1.54) is 50.2 Å². The van der Waals surface area contributed by atoms with Gasteiger partial charge in [0.2, 0.25) is 5.69 Å². The van der Waals surface area contributed by atoms with Crippen LogP contribution in [0.25, 0.3) is 33.9 Å². The molecule has 3 nitrogen and oxygen atoms in total. The minimum absolute atomic E-state index is 0.290. The van der Waals surface area contributed by atoms with Crippen molar-refractivity contribution >= 4 is 22.7 Å². The van der Waals surface area contributed by atoms with E-state index in [-0.39, 0.29) is 0 Å². The number of nitrogens with one attached hydrogen (secondary N) is 1. The van der Waals surface area contributed by atoms with Crippen molar-refractivity contribution in [3.63, 3.8) is 0 Å². The molecule has 0 bridgehead atoms. The first-order valence-electron chi connectivity index (χ1n) is 13.9. The number of benzene rings is 2. The van der Waals surface area contributed by atoms with Crippen molar-refractivity contribution < 1.29 is 4.57 Å². The van der Waals surface area contributed by atoms with Crippen molar-refractivity contribution in [3.8, 4) is 11.3 Å². The number of hydrogen-bond acceptors (Lipinski definition) is 1. The van der Waals surface area contributed by atoms with Gasteiger partial charge in [-0.05, 0) is 63.5 Å². The molecule has 5 rings (SSSR count). The molecular weight excluding hydrogens is 474 g/mol. The summed E-state index contributed by atoms with van der Waals surface area (Å²) in [6, 6.07) is 22.2. The van der Waals surface area contributed by atoms with Gasteiger partial charge >= 0.3 is 0 Å². The number of allylic oxidation sites excluding steroid dienone is 4. The highest BCUT2D eigenvalue weighted by Gasteiger charge is 2.39. The summed E-state index contributed by atoms with van der Waals surface area (Å²) in [5.74, 6) is 0.359. The molecular formula is C36H40N3+. The first-order valence-corrected chi connectivity index (χ1v) is 13.9. The standard InChI is InChI=1S/C36H40N3/c1-8-29-28(6)39(35-16-12-11-14-31(29)35)27(5)21-24(2)17-19-33-30-13-9-10-15-32(30)34-20-18-25(3)23-38(34)36(33)22-26(4)37-7/h8-16,18,20-21,23,33,36-37H,1-2,4,17,19,22H2,3,5-7H3/q+1/b27-21+. The average Bonchev–Trinajstić information content (AvgIpc) is 3.23. The molecule has 0 saturated heterocycles. The Balaban J connectivity index is 1.47. The van der Waals surface area contributed by atoms with Crippen LogP contribution in [0, 0.1) is 13.8 Å². The van der Waals surface area contributed by atoms with Crippen molar-refractivity contribution in [1.82, 2.24) is 9.88 Å². The van der Waals surface area contributed by atoms with E-state index < -0.39 is 0 Å². The zero-order valence-corrected chi connectivity index (χ0v) is 23.8. The summed E-state index contributed by atoms with van der Waals surface area (Å²) in [4.78, 5) is 0. The van der Waals surface area contributed by atoms with E-state index in [0.717, 1.165) is 30.5 Å². The molecule has 2 aromatic carbocycles. The van der Waals surface area contributed by atoms with Gasteiger partial charge in [0.15, 0.2) is 12.2 Å². The number of aromatic nitrogens is 2. The van der Waals surface area contributed by atoms with Crippen LogP contribution >= 0.6 is 0 Å². The molecule has 0 spiro atoms. The summed E-state index contributed by atoms with van der Waals surface area (Å²) >= 11 is 0. The zero-order chi connectivity index (χ0) is 27.7. The largest absolute Gasteiger partial charge is 0.392 e. The van der Waals surface area contributed by atoms with Crippen LogP contribution < -0.4 is 9.88 Å². The molecule has 2 atom stereocenters. The highest BCUT2D eigenvalue weighted by Crippen LogP contribution is 2.43. The molecule has 0 radical (unpaired) electrons. The van der Waals surface area contributed by atoms with Gasteiger partial charge in [0.1, 0.15) is 0 Å². The molecule has 2 unspecified atom stereocenters. The lowest BCUT2D eigenvalue weighted by atomic mass is 9.78. The smallest absolute Gasteiger partial charge is 0.213 e. The van der Waals surface area contributed by atoms with E-state index in [1.54, 1.807) is 0 Å². The highest BCUT2D eigenvalue weighted by atomic mass is 15.0. The molecule has 0 aliphatic carbocycles. The second-order valence-corrected chi connectivity index (χ2v) is 10.9. The molecule has 4 aromatic rings. The summed E-state index contributed by atoms with van der Waals surface area (Å²) in [6.45, 7) is 19.4. The van der Waals surface area contributed by atoms with E-state index in [4.69, 9.17) is 0 Å². The van der Waals surface area contributed by atoms with Crippen molar-refractivity contribution in [2.75, 3.05) is 7.05 Å². The Labute approximate surface area is 233 Å². The molecule has 1 aliphatic rings. The minimum Gasteiger partial charge on any atom is -0.392 e. The SMILES string of the molecule is C=Cc1c(C)n(/C(C)=C/C(=C)CCC2c3ccccc3-c3ccc(C)c[n+]3C2CC(=C)NC)c2ccccc12. The Morgan fingerprint density at radius 1 is 1.03 bits per heavy atom. The average molecular weight is 515 g/mol. The van der Waals surface area contributed by atoms with Crippen LogP contribution in [0.15, 0.2) is 104 Å². The topological polar surface area (TPSA) is 20.8 Å². The van der Waals surface area contributed by atoms with Gasteiger partial charge in [0, 0.05) is 64.6 Å². The maximum atomic E-state index is 4.51. The second-order valence-electron chi connectivity index (χ2n) is 10.9. The summed E-state index contributed by atoms with van der Waals surface area (Å²) in [5.41, 5.74) is 12.3. The predicted molar refractivity (Wildman–Crippen MR) is 166 cm³/mol. The summed E-state index contributed by atoms with van der Waals surface area (Å²) in [6.07, 6.45) is 9.36. The van der Waals surface area contributed by atoms with Gasteiger partial charge in [-0.3, -0.25) is 0 Å². The number of rotatable bonds is 9. The third kappa shape index (κ3) is 4.90. The molecule has 198 valence electrons. The van der Waals surface area contributed by atoms with Crippen LogP contribution in [-0.4, -0.2) is 11.6 Å². The number of nitrogens with zero attached hydrogens (tertiary/aromatic N) is 2. The molecule has 0 amide bonds. The lowest BCUT2D eigenvalue weighted by molar-refractivity contribution is -0.718. The Hall–Kier alpha value is -4.11. The van der Waals surface area contributed by atoms with Crippen LogP contribution in [0.3, 0.4) is 0 Å². The van der Waals surface area contributed by atoms with Gasteiger partial charge in [-0.2, -0.15) is 4.57 Å². The molecule has 1 aliphatic heterocycles. The monoisotopic (exact) mass is 514 g/mol. The fourth-order valence-corrected chi connectivity index (χ4v) is 6.41. The zero-order valence-electron chi connectivity index (χ0n) is 23.8. The first-order chi connectivity index (χ1) is 18.8. The summed E-state index contributed by atoms with van der Waals surface area (Å²) in [5, 5.41) is 4.53. The van der Waals surface area contributed by atoms with Crippen molar-refractivity contribution in [2.24, 2.45) is 0 Å². The van der Waals surface area contributed by atoms with Crippen LogP contribution in [0.2, 0.25) is 0 Å². The molecule has 3 heteroatoms. The van der Waals surface area contributed by atoms with Gasteiger partial charge in [-0.25, -0.2) is 0 Å². The summed E-state index contributed by atoms with van der Waals surface area (Å²) < 4.78 is 4.82. The van der Waals surface area contributed by atoms with Crippen molar-refractivity contribution in [3.05, 3.63) is 126 Å². The Kier molecular flexibility index (Phi) is 7.43. The fourth-order valence-electron chi connectivity index (χ4n) is 6.41. The Morgan fingerprint density at radius 3 is 2.54 bits per heavy atom. The number of para-hydroxylation sites is 1. The molecule has 2 aromatic heterocycles. The molecule has 3 heterocycles. The van der Waals surface area contributed by atoms with E-state index in [9.17, 15) is 0 Å². The predicted octanol–water partition coefficient (Wildman–Crippen LogP) is 8.51. The lowest BCUT2D eigenvalue weighted by Gasteiger charge is -2.31. The van der Waals surface area contributed by atoms with Crippen molar-refractivity contribution in [2.45, 2.75) is 52.0 Å². The number of aryl methyl sites for hydroxylation is 1. The van der Waals surface area contributed by atoms with Gasteiger partial charge in [-0.15, -0.1) is 0 Å². The third-order valence-electron chi connectivity index (χ3n) is 8.30. The van der Waals surface area contributed by atoms with Gasteiger partial charge in [-0.1, -0.05) is 67.8 Å². The van der Waals surface area contributed by atoms with E-state index in [1.807, 2.05) is 13.1 Å².